The van der Waals surface area contributed by atoms with E-state index in [9.17, 15) is 0 Å². The van der Waals surface area contributed by atoms with Gasteiger partial charge in [0, 0.05) is 65.8 Å². The highest BCUT2D eigenvalue weighted by molar-refractivity contribution is 5.77. The fraction of sp³-hybridized carbons (Fsp3) is 0.257. The molecule has 0 aliphatic carbocycles. The first kappa shape index (κ1) is 25.5. The van der Waals surface area contributed by atoms with E-state index in [-0.39, 0.29) is 0 Å². The smallest absolute Gasteiger partial charge is 0.137 e. The number of rotatable bonds is 6. The lowest BCUT2D eigenvalue weighted by Crippen LogP contribution is -2.31. The van der Waals surface area contributed by atoms with Crippen LogP contribution in [0.5, 0.6) is 0 Å². The number of nitrogens with zero attached hydrogens (tertiary/aromatic N) is 6. The van der Waals surface area contributed by atoms with Gasteiger partial charge in [-0.25, -0.2) is 9.97 Å². The van der Waals surface area contributed by atoms with Gasteiger partial charge in [-0.2, -0.15) is 0 Å². The van der Waals surface area contributed by atoms with Gasteiger partial charge in [-0.1, -0.05) is 31.2 Å². The van der Waals surface area contributed by atoms with Crippen molar-refractivity contribution in [1.82, 2.24) is 28.2 Å². The van der Waals surface area contributed by atoms with Crippen LogP contribution in [0.1, 0.15) is 49.5 Å². The molecule has 0 radical (unpaired) electrons. The van der Waals surface area contributed by atoms with E-state index in [1.54, 1.807) is 0 Å². The van der Waals surface area contributed by atoms with Gasteiger partial charge < -0.3 is 13.4 Å². The van der Waals surface area contributed by atoms with E-state index in [2.05, 4.69) is 125 Å². The van der Waals surface area contributed by atoms with Crippen molar-refractivity contribution in [2.45, 2.75) is 46.1 Å². The molecule has 1 aliphatic rings. The zero-order chi connectivity index (χ0) is 28.1. The Bertz CT molecular complexity index is 1880. The van der Waals surface area contributed by atoms with Crippen molar-refractivity contribution in [3.05, 3.63) is 114 Å². The van der Waals surface area contributed by atoms with Crippen LogP contribution in [0.3, 0.4) is 0 Å². The number of pyridine rings is 2. The highest BCUT2D eigenvalue weighted by atomic mass is 15.2. The van der Waals surface area contributed by atoms with Gasteiger partial charge in [0.05, 0.1) is 17.1 Å². The highest BCUT2D eigenvalue weighted by Crippen LogP contribution is 2.37. The van der Waals surface area contributed by atoms with Gasteiger partial charge in [-0.05, 0) is 87.8 Å². The third kappa shape index (κ3) is 4.30. The van der Waals surface area contributed by atoms with Gasteiger partial charge in [0.15, 0.2) is 0 Å². The van der Waals surface area contributed by atoms with Crippen molar-refractivity contribution in [2.75, 3.05) is 13.6 Å². The molecule has 206 valence electrons. The highest BCUT2D eigenvalue weighted by Gasteiger charge is 2.28. The Hall–Kier alpha value is -4.42. The van der Waals surface area contributed by atoms with Gasteiger partial charge in [0.25, 0.3) is 0 Å². The number of likely N-dealkylation sites (N-methyl/N-ethyl adjacent to an activating group) is 1. The molecule has 0 spiro atoms. The predicted molar refractivity (Wildman–Crippen MR) is 167 cm³/mol. The Balaban J connectivity index is 1.51. The van der Waals surface area contributed by atoms with Crippen LogP contribution >= 0.6 is 0 Å². The second-order valence-corrected chi connectivity index (χ2v) is 11.1. The molecule has 1 atom stereocenters. The van der Waals surface area contributed by atoms with Crippen LogP contribution in [0.2, 0.25) is 0 Å². The molecule has 0 bridgehead atoms. The number of benzene rings is 1. The molecular weight excluding hydrogens is 504 g/mol. The number of fused-ring (bicyclic) bond motifs is 3. The molecule has 0 saturated carbocycles. The van der Waals surface area contributed by atoms with E-state index >= 15 is 0 Å². The molecule has 1 aromatic carbocycles. The van der Waals surface area contributed by atoms with E-state index in [0.29, 0.717) is 6.04 Å². The van der Waals surface area contributed by atoms with Crippen molar-refractivity contribution in [1.29, 1.82) is 0 Å². The molecule has 6 nitrogen and oxygen atoms in total. The van der Waals surface area contributed by atoms with E-state index in [1.165, 1.54) is 28.3 Å². The van der Waals surface area contributed by atoms with Crippen LogP contribution in [0.25, 0.3) is 39.5 Å². The maximum atomic E-state index is 5.18. The summed E-state index contributed by atoms with van der Waals surface area (Å²) in [6, 6.07) is 22.0. The monoisotopic (exact) mass is 540 g/mol. The van der Waals surface area contributed by atoms with Crippen LogP contribution in [-0.2, 0) is 19.3 Å². The maximum absolute atomic E-state index is 5.18. The van der Waals surface area contributed by atoms with Crippen molar-refractivity contribution >= 4 is 11.3 Å². The second-order valence-electron chi connectivity index (χ2n) is 11.1. The summed E-state index contributed by atoms with van der Waals surface area (Å²) in [5.74, 6) is 0. The Morgan fingerprint density at radius 2 is 1.76 bits per heavy atom. The molecule has 0 amide bonds. The molecule has 0 fully saturated rings. The van der Waals surface area contributed by atoms with Crippen molar-refractivity contribution in [2.24, 2.45) is 0 Å². The minimum Gasteiger partial charge on any atom is -0.316 e. The van der Waals surface area contributed by atoms with E-state index in [4.69, 9.17) is 9.97 Å². The topological polar surface area (TPSA) is 42.8 Å². The molecule has 6 aromatic rings. The number of imidazole rings is 2. The fourth-order valence-corrected chi connectivity index (χ4v) is 6.36. The molecule has 41 heavy (non-hydrogen) atoms. The lowest BCUT2D eigenvalue weighted by atomic mass is 10.00. The van der Waals surface area contributed by atoms with Crippen molar-refractivity contribution in [3.63, 3.8) is 0 Å². The third-order valence-corrected chi connectivity index (χ3v) is 8.64. The lowest BCUT2D eigenvalue weighted by Gasteiger charge is -2.32. The standard InChI is InChI=1S/C35H36N6/c1-5-7-12-31-34(37-33-14-9-11-17-40(31)33)27-19-26(30-23-39-16-10-8-13-32(39)36-30)21-29(22-27)41-28(6-2)20-25-15-18-38(4)24(3)35(25)41/h5,7-11,13-14,16-17,19-24H,6,12,15,18H2,1-4H3/b7-5-. The Morgan fingerprint density at radius 3 is 2.56 bits per heavy atom. The third-order valence-electron chi connectivity index (χ3n) is 8.64. The van der Waals surface area contributed by atoms with Gasteiger partial charge in [0.2, 0.25) is 0 Å². The average molecular weight is 541 g/mol. The molecule has 1 unspecified atom stereocenters. The lowest BCUT2D eigenvalue weighted by molar-refractivity contribution is 0.240. The number of hydrogen-bond donors (Lipinski definition) is 0. The summed E-state index contributed by atoms with van der Waals surface area (Å²) in [7, 11) is 2.24. The molecular formula is C35H36N6. The Labute approximate surface area is 241 Å². The first-order valence-electron chi connectivity index (χ1n) is 14.7. The largest absolute Gasteiger partial charge is 0.316 e. The summed E-state index contributed by atoms with van der Waals surface area (Å²) < 4.78 is 6.83. The minimum absolute atomic E-state index is 0.335. The first-order valence-corrected chi connectivity index (χ1v) is 14.7. The summed E-state index contributed by atoms with van der Waals surface area (Å²) in [6.45, 7) is 7.75. The predicted octanol–water partition coefficient (Wildman–Crippen LogP) is 7.34. The zero-order valence-corrected chi connectivity index (χ0v) is 24.2. The van der Waals surface area contributed by atoms with Gasteiger partial charge in [-0.15, -0.1) is 0 Å². The summed E-state index contributed by atoms with van der Waals surface area (Å²) >= 11 is 0. The summed E-state index contributed by atoms with van der Waals surface area (Å²) in [5.41, 5.74) is 12.7. The molecule has 0 N–H and O–H groups in total. The van der Waals surface area contributed by atoms with Crippen LogP contribution in [0, 0.1) is 0 Å². The van der Waals surface area contributed by atoms with Crippen LogP contribution < -0.4 is 0 Å². The summed E-state index contributed by atoms with van der Waals surface area (Å²) in [5, 5.41) is 0. The van der Waals surface area contributed by atoms with Crippen LogP contribution in [0.4, 0.5) is 0 Å². The number of allylic oxidation sites excluding steroid dienone is 2. The number of aryl methyl sites for hydroxylation is 1. The van der Waals surface area contributed by atoms with Crippen LogP contribution in [-0.4, -0.2) is 41.8 Å². The molecule has 6 heteroatoms. The second kappa shape index (κ2) is 10.2. The minimum atomic E-state index is 0.335. The van der Waals surface area contributed by atoms with Crippen molar-refractivity contribution < 1.29 is 0 Å². The Morgan fingerprint density at radius 1 is 0.951 bits per heavy atom. The zero-order valence-electron chi connectivity index (χ0n) is 24.2. The van der Waals surface area contributed by atoms with Gasteiger partial charge >= 0.3 is 0 Å². The summed E-state index contributed by atoms with van der Waals surface area (Å²) in [4.78, 5) is 12.7. The number of hydrogen-bond acceptors (Lipinski definition) is 3. The normalized spacial score (nSPS) is 15.9. The SMILES string of the molecule is C/C=C\Cc1c(-c2cc(-c3cn4ccccc4n3)cc(-n3c(CC)cc4c3C(C)N(C)CC4)c2)nc2ccccn12. The van der Waals surface area contributed by atoms with Gasteiger partial charge in [-0.3, -0.25) is 4.90 Å². The average Bonchev–Trinajstić information content (AvgIpc) is 3.71. The van der Waals surface area contributed by atoms with Crippen molar-refractivity contribution in [3.8, 4) is 28.2 Å². The molecule has 0 saturated heterocycles. The first-order chi connectivity index (χ1) is 20.1. The number of aromatic nitrogens is 5. The molecule has 5 aromatic heterocycles. The Kier molecular flexibility index (Phi) is 6.36. The van der Waals surface area contributed by atoms with E-state index < -0.39 is 0 Å². The van der Waals surface area contributed by atoms with Gasteiger partial charge in [0.1, 0.15) is 11.3 Å². The van der Waals surface area contributed by atoms with E-state index in [0.717, 1.165) is 59.6 Å². The maximum Gasteiger partial charge on any atom is 0.137 e. The molecule has 6 heterocycles. The van der Waals surface area contributed by atoms with E-state index in [1.807, 2.05) is 12.1 Å². The fourth-order valence-electron chi connectivity index (χ4n) is 6.36. The molecule has 7 rings (SSSR count). The molecule has 1 aliphatic heterocycles. The summed E-state index contributed by atoms with van der Waals surface area (Å²) in [6.07, 6.45) is 13.5. The quantitative estimate of drug-likeness (QED) is 0.208. The van der Waals surface area contributed by atoms with Crippen LogP contribution in [0.15, 0.2) is 91.4 Å².